The van der Waals surface area contributed by atoms with E-state index in [9.17, 15) is 0 Å². The zero-order chi connectivity index (χ0) is 19.8. The van der Waals surface area contributed by atoms with Crippen LogP contribution in [0, 0.1) is 11.8 Å². The van der Waals surface area contributed by atoms with Gasteiger partial charge in [0.05, 0.1) is 31.0 Å². The third-order valence-electron chi connectivity index (χ3n) is 8.40. The van der Waals surface area contributed by atoms with Gasteiger partial charge in [-0.05, 0) is 61.1 Å². The summed E-state index contributed by atoms with van der Waals surface area (Å²) in [6.07, 6.45) is 9.63. The molecule has 3 aliphatic carbocycles. The van der Waals surface area contributed by atoms with Crippen molar-refractivity contribution in [3.63, 3.8) is 0 Å². The number of ether oxygens (including phenoxy) is 1. The molecule has 5 fully saturated rings. The van der Waals surface area contributed by atoms with Gasteiger partial charge in [-0.2, -0.15) is 5.10 Å². The van der Waals surface area contributed by atoms with Crippen molar-refractivity contribution in [2.24, 2.45) is 11.8 Å². The normalized spacial score (nSPS) is 31.8. The van der Waals surface area contributed by atoms with Gasteiger partial charge in [0, 0.05) is 36.5 Å². The number of pyridine rings is 1. The SMILES string of the molecule is Nc1ncc(-c2cc([C@H]3[C@@H]4CN(C5COC5)C[C@@H]43)n(C3CCCC3)n2)cc1C1CC1. The van der Waals surface area contributed by atoms with Crippen LogP contribution in [-0.2, 0) is 4.74 Å². The maximum Gasteiger partial charge on any atom is 0.126 e. The van der Waals surface area contributed by atoms with Crippen molar-refractivity contribution in [3.05, 3.63) is 29.6 Å². The molecule has 5 aliphatic rings. The first-order valence-corrected chi connectivity index (χ1v) is 11.9. The van der Waals surface area contributed by atoms with Crippen molar-refractivity contribution in [2.75, 3.05) is 32.0 Å². The lowest BCUT2D eigenvalue weighted by Crippen LogP contribution is -2.48. The van der Waals surface area contributed by atoms with Crippen molar-refractivity contribution >= 4 is 5.82 Å². The molecule has 2 aliphatic heterocycles. The van der Waals surface area contributed by atoms with E-state index in [4.69, 9.17) is 15.6 Å². The maximum absolute atomic E-state index is 6.17. The molecule has 0 aromatic carbocycles. The van der Waals surface area contributed by atoms with Gasteiger partial charge in [0.2, 0.25) is 0 Å². The average molecular weight is 406 g/mol. The van der Waals surface area contributed by atoms with Crippen LogP contribution in [0.25, 0.3) is 11.3 Å². The Morgan fingerprint density at radius 3 is 2.40 bits per heavy atom. The van der Waals surface area contributed by atoms with E-state index in [1.54, 1.807) is 0 Å². The van der Waals surface area contributed by atoms with E-state index in [0.29, 0.717) is 29.7 Å². The van der Waals surface area contributed by atoms with Gasteiger partial charge in [0.1, 0.15) is 5.82 Å². The highest BCUT2D eigenvalue weighted by Gasteiger charge is 2.59. The lowest BCUT2D eigenvalue weighted by atomic mass is 10.1. The molecule has 158 valence electrons. The summed E-state index contributed by atoms with van der Waals surface area (Å²) in [6.45, 7) is 4.34. The van der Waals surface area contributed by atoms with Crippen LogP contribution in [0.3, 0.4) is 0 Å². The highest BCUT2D eigenvalue weighted by Crippen LogP contribution is 2.59. The third-order valence-corrected chi connectivity index (χ3v) is 8.40. The molecule has 0 amide bonds. The minimum absolute atomic E-state index is 0.579. The molecular weight excluding hydrogens is 374 g/mol. The number of piperidine rings is 1. The van der Waals surface area contributed by atoms with Crippen LogP contribution in [0.2, 0.25) is 0 Å². The van der Waals surface area contributed by atoms with Crippen molar-refractivity contribution in [2.45, 2.75) is 62.4 Å². The number of likely N-dealkylation sites (tertiary alicyclic amines) is 1. The fourth-order valence-electron chi connectivity index (χ4n) is 6.32. The van der Waals surface area contributed by atoms with Crippen LogP contribution in [-0.4, -0.2) is 52.0 Å². The number of rotatable bonds is 5. The summed E-state index contributed by atoms with van der Waals surface area (Å²) in [5.41, 5.74) is 11.1. The van der Waals surface area contributed by atoms with Gasteiger partial charge in [0.25, 0.3) is 0 Å². The summed E-state index contributed by atoms with van der Waals surface area (Å²) in [5.74, 6) is 3.61. The molecule has 3 saturated carbocycles. The fourth-order valence-corrected chi connectivity index (χ4v) is 6.32. The van der Waals surface area contributed by atoms with Crippen LogP contribution >= 0.6 is 0 Å². The molecule has 6 nitrogen and oxygen atoms in total. The number of anilines is 1. The number of hydrogen-bond donors (Lipinski definition) is 1. The minimum Gasteiger partial charge on any atom is -0.383 e. The Morgan fingerprint density at radius 1 is 0.967 bits per heavy atom. The summed E-state index contributed by atoms with van der Waals surface area (Å²) >= 11 is 0. The molecule has 0 spiro atoms. The fraction of sp³-hybridized carbons (Fsp3) is 0.667. The largest absolute Gasteiger partial charge is 0.383 e. The highest BCUT2D eigenvalue weighted by atomic mass is 16.5. The zero-order valence-corrected chi connectivity index (χ0v) is 17.5. The molecule has 6 heteroatoms. The first-order chi connectivity index (χ1) is 14.8. The Hall–Kier alpha value is -1.92. The number of nitrogens with two attached hydrogens (primary N) is 1. The monoisotopic (exact) mass is 405 g/mol. The lowest BCUT2D eigenvalue weighted by molar-refractivity contribution is -0.0610. The van der Waals surface area contributed by atoms with Crippen molar-refractivity contribution in [3.8, 4) is 11.3 Å². The Balaban J connectivity index is 1.20. The second kappa shape index (κ2) is 6.54. The van der Waals surface area contributed by atoms with E-state index in [1.807, 2.05) is 6.20 Å². The predicted molar refractivity (Wildman–Crippen MR) is 115 cm³/mol. The van der Waals surface area contributed by atoms with Crippen LogP contribution in [0.4, 0.5) is 5.82 Å². The summed E-state index contributed by atoms with van der Waals surface area (Å²) in [7, 11) is 0. The minimum atomic E-state index is 0.579. The molecule has 0 unspecified atom stereocenters. The molecule has 2 saturated heterocycles. The molecule has 30 heavy (non-hydrogen) atoms. The zero-order valence-electron chi connectivity index (χ0n) is 17.5. The summed E-state index contributed by atoms with van der Waals surface area (Å²) in [5, 5.41) is 5.19. The number of fused-ring (bicyclic) bond motifs is 1. The van der Waals surface area contributed by atoms with Gasteiger partial charge in [-0.15, -0.1) is 0 Å². The van der Waals surface area contributed by atoms with Gasteiger partial charge in [0.15, 0.2) is 0 Å². The van der Waals surface area contributed by atoms with E-state index in [0.717, 1.165) is 36.3 Å². The van der Waals surface area contributed by atoms with E-state index >= 15 is 0 Å². The van der Waals surface area contributed by atoms with Gasteiger partial charge in [-0.3, -0.25) is 9.58 Å². The van der Waals surface area contributed by atoms with Crippen LogP contribution in [0.1, 0.15) is 67.7 Å². The first kappa shape index (κ1) is 17.7. The number of aromatic nitrogens is 3. The van der Waals surface area contributed by atoms with Crippen molar-refractivity contribution in [1.82, 2.24) is 19.7 Å². The maximum atomic E-state index is 6.17. The van der Waals surface area contributed by atoms with E-state index in [2.05, 4.69) is 26.7 Å². The number of nitrogen functional groups attached to an aromatic ring is 1. The molecule has 2 aromatic rings. The second-order valence-corrected chi connectivity index (χ2v) is 10.3. The lowest BCUT2D eigenvalue weighted by Gasteiger charge is -2.35. The number of nitrogens with zero attached hydrogens (tertiary/aromatic N) is 4. The summed E-state index contributed by atoms with van der Waals surface area (Å²) < 4.78 is 7.84. The molecular formula is C24H31N5O. The highest BCUT2D eigenvalue weighted by molar-refractivity contribution is 5.63. The smallest absolute Gasteiger partial charge is 0.126 e. The van der Waals surface area contributed by atoms with Gasteiger partial charge in [-0.1, -0.05) is 12.8 Å². The molecule has 7 rings (SSSR count). The Bertz CT molecular complexity index is 960. The second-order valence-electron chi connectivity index (χ2n) is 10.3. The molecule has 4 heterocycles. The predicted octanol–water partition coefficient (Wildman–Crippen LogP) is 3.56. The van der Waals surface area contributed by atoms with Gasteiger partial charge < -0.3 is 10.5 Å². The third kappa shape index (κ3) is 2.76. The number of hydrogen-bond acceptors (Lipinski definition) is 5. The Labute approximate surface area is 177 Å². The van der Waals surface area contributed by atoms with E-state index < -0.39 is 0 Å². The first-order valence-electron chi connectivity index (χ1n) is 11.9. The van der Waals surface area contributed by atoms with Gasteiger partial charge in [-0.25, -0.2) is 4.98 Å². The molecule has 0 radical (unpaired) electrons. The molecule has 3 atom stereocenters. The van der Waals surface area contributed by atoms with Crippen molar-refractivity contribution < 1.29 is 4.74 Å². The Morgan fingerprint density at radius 2 is 1.73 bits per heavy atom. The average Bonchev–Trinajstić information content (AvgIpc) is 3.43. The van der Waals surface area contributed by atoms with Gasteiger partial charge >= 0.3 is 0 Å². The van der Waals surface area contributed by atoms with E-state index in [1.165, 1.54) is 62.9 Å². The Kier molecular flexibility index (Phi) is 3.86. The molecule has 0 bridgehead atoms. The van der Waals surface area contributed by atoms with Crippen LogP contribution in [0.15, 0.2) is 18.3 Å². The molecule has 2 N–H and O–H groups in total. The van der Waals surface area contributed by atoms with Crippen LogP contribution < -0.4 is 5.73 Å². The summed E-state index contributed by atoms with van der Waals surface area (Å²) in [4.78, 5) is 7.19. The topological polar surface area (TPSA) is 69.2 Å². The quantitative estimate of drug-likeness (QED) is 0.824. The van der Waals surface area contributed by atoms with Crippen LogP contribution in [0.5, 0.6) is 0 Å². The molecule has 2 aromatic heterocycles. The standard InChI is InChI=1S/C24H31N5O/c25-24-18(14-5-6-14)7-15(9-26-24)21-8-22(29(27-21)16-3-1-2-4-16)23-19-10-28(11-20(19)23)17-12-30-13-17/h7-9,14,16-17,19-20,23H,1-6,10-13H2,(H2,25,26)/t19-,20+,23+. The van der Waals surface area contributed by atoms with E-state index in [-0.39, 0.29) is 0 Å². The summed E-state index contributed by atoms with van der Waals surface area (Å²) in [6, 6.07) is 5.91. The van der Waals surface area contributed by atoms with Crippen molar-refractivity contribution in [1.29, 1.82) is 0 Å².